The predicted molar refractivity (Wildman–Crippen MR) is 103 cm³/mol. The van der Waals surface area contributed by atoms with Gasteiger partial charge in [-0.05, 0) is 45.7 Å². The van der Waals surface area contributed by atoms with Crippen molar-refractivity contribution in [1.29, 1.82) is 0 Å². The first kappa shape index (κ1) is 19.9. The molecule has 0 amide bonds. The lowest BCUT2D eigenvalue weighted by Crippen LogP contribution is -2.39. The molecule has 140 valence electrons. The van der Waals surface area contributed by atoms with E-state index in [0.717, 1.165) is 24.4 Å². The summed E-state index contributed by atoms with van der Waals surface area (Å²) in [5, 5.41) is 9.04. The lowest BCUT2D eigenvalue weighted by molar-refractivity contribution is -0.138. The molecule has 0 aliphatic carbocycles. The average molecular weight is 356 g/mol. The number of Topliss-reactive ketones (excluding diaryl/α,β-unsaturated/α-hetero) is 1. The van der Waals surface area contributed by atoms with Crippen molar-refractivity contribution in [2.24, 2.45) is 0 Å². The van der Waals surface area contributed by atoms with Crippen LogP contribution in [0.4, 0.5) is 0 Å². The van der Waals surface area contributed by atoms with Crippen LogP contribution in [0.1, 0.15) is 41.2 Å². The molecule has 0 aliphatic rings. The number of aromatic nitrogens is 1. The molecule has 0 saturated carbocycles. The molecule has 26 heavy (non-hydrogen) atoms. The largest absolute Gasteiger partial charge is 0.480 e. The topological polar surface area (TPSA) is 62.5 Å². The van der Waals surface area contributed by atoms with E-state index in [2.05, 4.69) is 16.7 Å². The van der Waals surface area contributed by atoms with Gasteiger partial charge in [-0.15, -0.1) is 0 Å². The average Bonchev–Trinajstić information content (AvgIpc) is 2.87. The molecule has 0 radical (unpaired) electrons. The Morgan fingerprint density at radius 1 is 1.12 bits per heavy atom. The van der Waals surface area contributed by atoms with Gasteiger partial charge in [0.1, 0.15) is 0 Å². The predicted octanol–water partition coefficient (Wildman–Crippen LogP) is 3.33. The smallest absolute Gasteiger partial charge is 0.317 e. The van der Waals surface area contributed by atoms with Gasteiger partial charge in [-0.3, -0.25) is 14.5 Å². The van der Waals surface area contributed by atoms with Crippen LogP contribution in [-0.4, -0.2) is 45.5 Å². The quantitative estimate of drug-likeness (QED) is 0.700. The van der Waals surface area contributed by atoms with E-state index < -0.39 is 5.97 Å². The van der Waals surface area contributed by atoms with Crippen molar-refractivity contribution in [1.82, 2.24) is 9.47 Å². The van der Waals surface area contributed by atoms with Crippen LogP contribution in [0.25, 0.3) is 0 Å². The molecule has 5 nitrogen and oxygen atoms in total. The first-order chi connectivity index (χ1) is 12.3. The van der Waals surface area contributed by atoms with Crippen LogP contribution >= 0.6 is 0 Å². The highest BCUT2D eigenvalue weighted by atomic mass is 16.4. The molecule has 2 rings (SSSR count). The second kappa shape index (κ2) is 8.81. The number of carbonyl (C=O) groups excluding carboxylic acids is 1. The van der Waals surface area contributed by atoms with Gasteiger partial charge in [0.15, 0.2) is 5.78 Å². The van der Waals surface area contributed by atoms with Gasteiger partial charge in [0.25, 0.3) is 0 Å². The maximum absolute atomic E-state index is 12.8. The van der Waals surface area contributed by atoms with E-state index in [-0.39, 0.29) is 24.9 Å². The molecular formula is C21H28N2O3. The number of ketones is 1. The van der Waals surface area contributed by atoms with Crippen molar-refractivity contribution in [2.45, 2.75) is 46.7 Å². The minimum Gasteiger partial charge on any atom is -0.480 e. The zero-order valence-electron chi connectivity index (χ0n) is 16.0. The number of nitrogens with zero attached hydrogens (tertiary/aromatic N) is 2. The van der Waals surface area contributed by atoms with E-state index in [1.165, 1.54) is 5.56 Å². The number of aliphatic carboxylic acids is 1. The number of benzene rings is 1. The minimum absolute atomic E-state index is 0.00313. The zero-order valence-corrected chi connectivity index (χ0v) is 16.0. The highest BCUT2D eigenvalue weighted by Crippen LogP contribution is 2.18. The van der Waals surface area contributed by atoms with Crippen molar-refractivity contribution in [3.05, 3.63) is 58.9 Å². The number of carboxylic acids is 1. The first-order valence-corrected chi connectivity index (χ1v) is 8.99. The Morgan fingerprint density at radius 2 is 1.77 bits per heavy atom. The SMILES string of the molecule is Cc1cc(C(=O)CN(CC(=O)O)C(C)C)c(C)n1CCc1ccccc1. The van der Waals surface area contributed by atoms with Gasteiger partial charge in [-0.2, -0.15) is 0 Å². The molecule has 0 aliphatic heterocycles. The minimum atomic E-state index is -0.917. The highest BCUT2D eigenvalue weighted by Gasteiger charge is 2.21. The monoisotopic (exact) mass is 356 g/mol. The Hall–Kier alpha value is -2.40. The normalized spacial score (nSPS) is 11.3. The number of hydrogen-bond acceptors (Lipinski definition) is 3. The summed E-state index contributed by atoms with van der Waals surface area (Å²) in [5.41, 5.74) is 3.95. The van der Waals surface area contributed by atoms with E-state index in [4.69, 9.17) is 5.11 Å². The molecule has 0 fully saturated rings. The Kier molecular flexibility index (Phi) is 6.75. The number of carbonyl (C=O) groups is 2. The van der Waals surface area contributed by atoms with Gasteiger partial charge in [0, 0.05) is 29.5 Å². The Bertz CT molecular complexity index is 763. The summed E-state index contributed by atoms with van der Waals surface area (Å²) >= 11 is 0. The summed E-state index contributed by atoms with van der Waals surface area (Å²) in [4.78, 5) is 25.5. The number of carboxylic acid groups (broad SMARTS) is 1. The molecule has 0 spiro atoms. The molecular weight excluding hydrogens is 328 g/mol. The summed E-state index contributed by atoms with van der Waals surface area (Å²) in [5.74, 6) is -0.946. The van der Waals surface area contributed by atoms with Gasteiger partial charge < -0.3 is 9.67 Å². The lowest BCUT2D eigenvalue weighted by Gasteiger charge is -2.23. The van der Waals surface area contributed by atoms with Crippen LogP contribution < -0.4 is 0 Å². The summed E-state index contributed by atoms with van der Waals surface area (Å²) in [7, 11) is 0. The number of rotatable bonds is 9. The molecule has 5 heteroatoms. The number of aryl methyl sites for hydroxylation is 2. The van der Waals surface area contributed by atoms with Gasteiger partial charge in [0.2, 0.25) is 0 Å². The Morgan fingerprint density at radius 3 is 2.35 bits per heavy atom. The maximum Gasteiger partial charge on any atom is 0.317 e. The molecule has 0 bridgehead atoms. The molecule has 0 unspecified atom stereocenters. The van der Waals surface area contributed by atoms with Crippen molar-refractivity contribution in [3.63, 3.8) is 0 Å². The van der Waals surface area contributed by atoms with Gasteiger partial charge in [-0.25, -0.2) is 0 Å². The molecule has 0 saturated heterocycles. The van der Waals surface area contributed by atoms with Gasteiger partial charge in [0.05, 0.1) is 13.1 Å². The zero-order chi connectivity index (χ0) is 19.3. The van der Waals surface area contributed by atoms with Crippen LogP contribution in [0, 0.1) is 13.8 Å². The van der Waals surface area contributed by atoms with Crippen molar-refractivity contribution in [3.8, 4) is 0 Å². The lowest BCUT2D eigenvalue weighted by atomic mass is 10.1. The van der Waals surface area contributed by atoms with Crippen LogP contribution in [0.2, 0.25) is 0 Å². The van der Waals surface area contributed by atoms with Crippen molar-refractivity contribution >= 4 is 11.8 Å². The third-order valence-corrected chi connectivity index (χ3v) is 4.76. The van der Waals surface area contributed by atoms with Crippen LogP contribution in [0.3, 0.4) is 0 Å². The summed E-state index contributed by atoms with van der Waals surface area (Å²) in [6, 6.07) is 12.2. The van der Waals surface area contributed by atoms with Crippen molar-refractivity contribution in [2.75, 3.05) is 13.1 Å². The number of hydrogen-bond donors (Lipinski definition) is 1. The van der Waals surface area contributed by atoms with E-state index in [1.54, 1.807) is 4.90 Å². The molecule has 1 N–H and O–H groups in total. The highest BCUT2D eigenvalue weighted by molar-refractivity contribution is 5.99. The standard InChI is InChI=1S/C21H28N2O3/c1-15(2)22(14-21(25)26)13-20(24)19-12-16(3)23(17(19)4)11-10-18-8-6-5-7-9-18/h5-9,12,15H,10-11,13-14H2,1-4H3,(H,25,26). The third kappa shape index (κ3) is 5.05. The van der Waals surface area contributed by atoms with Crippen LogP contribution in [-0.2, 0) is 17.8 Å². The molecule has 2 aromatic rings. The Labute approximate surface area is 155 Å². The fraction of sp³-hybridized carbons (Fsp3) is 0.429. The van der Waals surface area contributed by atoms with Crippen molar-refractivity contribution < 1.29 is 14.7 Å². The van der Waals surface area contributed by atoms with Gasteiger partial charge >= 0.3 is 5.97 Å². The first-order valence-electron chi connectivity index (χ1n) is 8.99. The molecule has 1 aromatic carbocycles. The van der Waals surface area contributed by atoms with Crippen LogP contribution in [0.15, 0.2) is 36.4 Å². The van der Waals surface area contributed by atoms with Gasteiger partial charge in [-0.1, -0.05) is 30.3 Å². The van der Waals surface area contributed by atoms with E-state index in [9.17, 15) is 9.59 Å². The second-order valence-corrected chi connectivity index (χ2v) is 6.99. The molecule has 1 heterocycles. The summed E-state index contributed by atoms with van der Waals surface area (Å²) in [6.45, 7) is 8.58. The van der Waals surface area contributed by atoms with Crippen LogP contribution in [0.5, 0.6) is 0 Å². The van der Waals surface area contributed by atoms with E-state index >= 15 is 0 Å². The molecule has 0 atom stereocenters. The second-order valence-electron chi connectivity index (χ2n) is 6.99. The molecule has 1 aromatic heterocycles. The van der Waals surface area contributed by atoms with E-state index in [0.29, 0.717) is 5.56 Å². The summed E-state index contributed by atoms with van der Waals surface area (Å²) < 4.78 is 2.16. The third-order valence-electron chi connectivity index (χ3n) is 4.76. The maximum atomic E-state index is 12.8. The fourth-order valence-electron chi connectivity index (χ4n) is 3.18. The Balaban J connectivity index is 2.12. The fourth-order valence-corrected chi connectivity index (χ4v) is 3.18. The summed E-state index contributed by atoms with van der Waals surface area (Å²) in [6.07, 6.45) is 0.905. The van der Waals surface area contributed by atoms with E-state index in [1.807, 2.05) is 52.0 Å².